The molecule has 3 aromatic rings. The number of rotatable bonds is 8. The van der Waals surface area contributed by atoms with Gasteiger partial charge in [-0.05, 0) is 95.1 Å². The fourth-order valence-corrected chi connectivity index (χ4v) is 6.11. The third kappa shape index (κ3) is 4.90. The van der Waals surface area contributed by atoms with Crippen molar-refractivity contribution in [2.75, 3.05) is 27.3 Å². The standard InChI is InChI=1S/C29H39N3O3/c1-32(2)28(22-10-4-3-5-11-22)15-17-29(33,18-16-28)26-23(24-12-8-19-30-27(24)31-26)13-9-21-35-25-14-6-7-20-34-25/h3-5,8,10-12,19,25,33H,6-7,9,13-18,20-21H2,1-2H3,(H,30,31). The van der Waals surface area contributed by atoms with Crippen molar-refractivity contribution in [1.82, 2.24) is 14.9 Å². The first-order chi connectivity index (χ1) is 17.0. The summed E-state index contributed by atoms with van der Waals surface area (Å²) >= 11 is 0. The third-order valence-corrected chi connectivity index (χ3v) is 8.23. The molecule has 2 fully saturated rings. The van der Waals surface area contributed by atoms with E-state index in [-0.39, 0.29) is 11.8 Å². The summed E-state index contributed by atoms with van der Waals surface area (Å²) in [6.45, 7) is 1.46. The summed E-state index contributed by atoms with van der Waals surface area (Å²) < 4.78 is 11.7. The average molecular weight is 478 g/mol. The molecular weight excluding hydrogens is 438 g/mol. The summed E-state index contributed by atoms with van der Waals surface area (Å²) in [4.78, 5) is 10.4. The van der Waals surface area contributed by atoms with Crippen molar-refractivity contribution >= 4 is 11.0 Å². The number of pyridine rings is 1. The van der Waals surface area contributed by atoms with Gasteiger partial charge in [0, 0.05) is 23.7 Å². The van der Waals surface area contributed by atoms with Crippen molar-refractivity contribution in [2.24, 2.45) is 0 Å². The van der Waals surface area contributed by atoms with Crippen LogP contribution in [0.5, 0.6) is 0 Å². The molecule has 188 valence electrons. The van der Waals surface area contributed by atoms with Crippen LogP contribution in [0.1, 0.15) is 68.2 Å². The molecule has 1 atom stereocenters. The molecule has 1 aliphatic heterocycles. The lowest BCUT2D eigenvalue weighted by Gasteiger charge is -2.48. The van der Waals surface area contributed by atoms with E-state index >= 15 is 0 Å². The van der Waals surface area contributed by atoms with Crippen molar-refractivity contribution < 1.29 is 14.6 Å². The Hall–Kier alpha value is -2.25. The first-order valence-corrected chi connectivity index (χ1v) is 13.2. The van der Waals surface area contributed by atoms with Gasteiger partial charge in [-0.2, -0.15) is 0 Å². The number of nitrogens with one attached hydrogen (secondary N) is 1. The summed E-state index contributed by atoms with van der Waals surface area (Å²) in [5, 5.41) is 13.1. The van der Waals surface area contributed by atoms with E-state index in [1.54, 1.807) is 0 Å². The van der Waals surface area contributed by atoms with Crippen LogP contribution >= 0.6 is 0 Å². The zero-order valence-electron chi connectivity index (χ0n) is 21.1. The molecule has 1 aromatic carbocycles. The lowest BCUT2D eigenvalue weighted by Crippen LogP contribution is -2.48. The number of nitrogens with zero attached hydrogens (tertiary/aromatic N) is 2. The van der Waals surface area contributed by atoms with E-state index in [1.165, 1.54) is 17.5 Å². The van der Waals surface area contributed by atoms with E-state index in [4.69, 9.17) is 9.47 Å². The van der Waals surface area contributed by atoms with E-state index in [2.05, 4.69) is 65.4 Å². The zero-order valence-corrected chi connectivity index (χ0v) is 21.1. The van der Waals surface area contributed by atoms with Crippen molar-refractivity contribution in [1.29, 1.82) is 0 Å². The van der Waals surface area contributed by atoms with Gasteiger partial charge in [0.05, 0.1) is 12.3 Å². The SMILES string of the molecule is CN(C)C1(c2ccccc2)CCC(O)(c2[nH]c3ncccc3c2CCCOC2CCCCO2)CC1. The van der Waals surface area contributed by atoms with Crippen LogP contribution in [-0.2, 0) is 27.0 Å². The molecule has 1 aliphatic carbocycles. The zero-order chi connectivity index (χ0) is 24.3. The topological polar surface area (TPSA) is 70.6 Å². The van der Waals surface area contributed by atoms with E-state index in [0.29, 0.717) is 19.4 Å². The van der Waals surface area contributed by atoms with Crippen LogP contribution in [0.25, 0.3) is 11.0 Å². The van der Waals surface area contributed by atoms with Crippen LogP contribution in [0, 0.1) is 0 Å². The van der Waals surface area contributed by atoms with Gasteiger partial charge in [0.15, 0.2) is 6.29 Å². The van der Waals surface area contributed by atoms with Gasteiger partial charge in [-0.3, -0.25) is 4.90 Å². The summed E-state index contributed by atoms with van der Waals surface area (Å²) in [5.41, 5.74) is 3.35. The van der Waals surface area contributed by atoms with Crippen molar-refractivity contribution in [3.05, 3.63) is 65.5 Å². The molecule has 1 unspecified atom stereocenters. The van der Waals surface area contributed by atoms with Crippen molar-refractivity contribution in [2.45, 2.75) is 75.2 Å². The molecule has 2 aromatic heterocycles. The maximum absolute atomic E-state index is 12.0. The number of benzene rings is 1. The molecule has 2 aliphatic rings. The Morgan fingerprint density at radius 1 is 1.09 bits per heavy atom. The Labute approximate surface area is 208 Å². The van der Waals surface area contributed by atoms with Crippen LogP contribution in [0.2, 0.25) is 0 Å². The average Bonchev–Trinajstić information content (AvgIpc) is 3.28. The second-order valence-corrected chi connectivity index (χ2v) is 10.5. The molecule has 1 saturated heterocycles. The normalized spacial score (nSPS) is 27.5. The van der Waals surface area contributed by atoms with Crippen molar-refractivity contribution in [3.63, 3.8) is 0 Å². The Kier molecular flexibility index (Phi) is 7.26. The van der Waals surface area contributed by atoms with Gasteiger partial charge in [0.2, 0.25) is 0 Å². The maximum atomic E-state index is 12.0. The maximum Gasteiger partial charge on any atom is 0.157 e. The first-order valence-electron chi connectivity index (χ1n) is 13.2. The highest BCUT2D eigenvalue weighted by Crippen LogP contribution is 2.49. The highest BCUT2D eigenvalue weighted by atomic mass is 16.7. The van der Waals surface area contributed by atoms with E-state index < -0.39 is 5.60 Å². The van der Waals surface area contributed by atoms with Gasteiger partial charge in [-0.1, -0.05) is 30.3 Å². The molecule has 3 heterocycles. The molecule has 35 heavy (non-hydrogen) atoms. The number of aromatic amines is 1. The number of aryl methyl sites for hydroxylation is 1. The highest BCUT2D eigenvalue weighted by molar-refractivity contribution is 5.81. The predicted octanol–water partition coefficient (Wildman–Crippen LogP) is 5.26. The fourth-order valence-electron chi connectivity index (χ4n) is 6.11. The minimum absolute atomic E-state index is 0.0625. The van der Waals surface area contributed by atoms with Crippen LogP contribution in [-0.4, -0.2) is 53.6 Å². The number of aromatic nitrogens is 2. The number of fused-ring (bicyclic) bond motifs is 1. The molecule has 6 heteroatoms. The second-order valence-electron chi connectivity index (χ2n) is 10.5. The largest absolute Gasteiger partial charge is 0.384 e. The summed E-state index contributed by atoms with van der Waals surface area (Å²) in [6, 6.07) is 14.8. The van der Waals surface area contributed by atoms with Crippen LogP contribution in [0.4, 0.5) is 0 Å². The first kappa shape index (κ1) is 24.4. The Bertz CT molecular complexity index is 1100. The lowest BCUT2D eigenvalue weighted by molar-refractivity contribution is -0.162. The van der Waals surface area contributed by atoms with Gasteiger partial charge in [0.1, 0.15) is 11.2 Å². The molecule has 0 radical (unpaired) electrons. The minimum atomic E-state index is -0.891. The summed E-state index contributed by atoms with van der Waals surface area (Å²) in [6.07, 6.45) is 9.95. The molecule has 2 N–H and O–H groups in total. The van der Waals surface area contributed by atoms with Crippen molar-refractivity contribution in [3.8, 4) is 0 Å². The Morgan fingerprint density at radius 2 is 1.89 bits per heavy atom. The Balaban J connectivity index is 1.35. The summed E-state index contributed by atoms with van der Waals surface area (Å²) in [5.74, 6) is 0. The van der Waals surface area contributed by atoms with E-state index in [0.717, 1.165) is 61.9 Å². The monoisotopic (exact) mass is 477 g/mol. The predicted molar refractivity (Wildman–Crippen MR) is 138 cm³/mol. The number of ether oxygens (including phenoxy) is 2. The lowest BCUT2D eigenvalue weighted by atomic mass is 9.68. The third-order valence-electron chi connectivity index (χ3n) is 8.23. The van der Waals surface area contributed by atoms with E-state index in [9.17, 15) is 5.11 Å². The van der Waals surface area contributed by atoms with Crippen LogP contribution in [0.3, 0.4) is 0 Å². The molecule has 0 spiro atoms. The van der Waals surface area contributed by atoms with Gasteiger partial charge in [-0.15, -0.1) is 0 Å². The quantitative estimate of drug-likeness (QED) is 0.433. The molecule has 0 amide bonds. The van der Waals surface area contributed by atoms with Gasteiger partial charge in [0.25, 0.3) is 0 Å². The van der Waals surface area contributed by atoms with Crippen LogP contribution < -0.4 is 0 Å². The molecular formula is C29H39N3O3. The molecule has 6 nitrogen and oxygen atoms in total. The Morgan fingerprint density at radius 3 is 2.60 bits per heavy atom. The molecule has 1 saturated carbocycles. The fraction of sp³-hybridized carbons (Fsp3) is 0.552. The van der Waals surface area contributed by atoms with Gasteiger partial charge < -0.3 is 19.6 Å². The minimum Gasteiger partial charge on any atom is -0.384 e. The highest BCUT2D eigenvalue weighted by Gasteiger charge is 2.46. The van der Waals surface area contributed by atoms with Gasteiger partial charge >= 0.3 is 0 Å². The summed E-state index contributed by atoms with van der Waals surface area (Å²) in [7, 11) is 4.32. The number of H-pyrrole nitrogens is 1. The van der Waals surface area contributed by atoms with E-state index in [1.807, 2.05) is 12.3 Å². The number of hydrogen-bond donors (Lipinski definition) is 2. The van der Waals surface area contributed by atoms with Crippen LogP contribution in [0.15, 0.2) is 48.7 Å². The van der Waals surface area contributed by atoms with Gasteiger partial charge in [-0.25, -0.2) is 4.98 Å². The second kappa shape index (κ2) is 10.4. The molecule has 0 bridgehead atoms. The smallest absolute Gasteiger partial charge is 0.157 e. The number of hydrogen-bond acceptors (Lipinski definition) is 5. The number of aliphatic hydroxyl groups is 1. The molecule has 5 rings (SSSR count).